The second-order valence-corrected chi connectivity index (χ2v) is 4.81. The summed E-state index contributed by atoms with van der Waals surface area (Å²) in [7, 11) is 0. The largest absolute Gasteiger partial charge is 0.327 e. The number of aromatic nitrogens is 2. The zero-order valence-electron chi connectivity index (χ0n) is 10.3. The Hall–Kier alpha value is -2.06. The van der Waals surface area contributed by atoms with Crippen LogP contribution in [0.1, 0.15) is 5.56 Å². The highest BCUT2D eigenvalue weighted by molar-refractivity contribution is 6.30. The van der Waals surface area contributed by atoms with Gasteiger partial charge in [0.15, 0.2) is 0 Å². The van der Waals surface area contributed by atoms with E-state index < -0.39 is 0 Å². The van der Waals surface area contributed by atoms with Crippen molar-refractivity contribution in [2.75, 3.05) is 0 Å². The molecule has 1 aromatic heterocycles. The van der Waals surface area contributed by atoms with E-state index in [1.54, 1.807) is 0 Å². The monoisotopic (exact) mass is 268 g/mol. The third-order valence-corrected chi connectivity index (χ3v) is 3.27. The van der Waals surface area contributed by atoms with Crippen molar-refractivity contribution in [2.24, 2.45) is 0 Å². The Labute approximate surface area is 117 Å². The zero-order chi connectivity index (χ0) is 13.1. The van der Waals surface area contributed by atoms with Crippen molar-refractivity contribution in [3.05, 3.63) is 77.6 Å². The summed E-state index contributed by atoms with van der Waals surface area (Å²) < 4.78 is 2.14. The van der Waals surface area contributed by atoms with Gasteiger partial charge < -0.3 is 4.57 Å². The lowest BCUT2D eigenvalue weighted by Gasteiger charge is -2.08. The van der Waals surface area contributed by atoms with E-state index in [1.807, 2.05) is 54.9 Å². The predicted octanol–water partition coefficient (Wildman–Crippen LogP) is 4.25. The maximum absolute atomic E-state index is 5.92. The first-order valence-corrected chi connectivity index (χ1v) is 6.52. The summed E-state index contributed by atoms with van der Waals surface area (Å²) >= 11 is 5.92. The van der Waals surface area contributed by atoms with E-state index in [4.69, 9.17) is 11.6 Å². The van der Waals surface area contributed by atoms with Gasteiger partial charge in [-0.15, -0.1) is 0 Å². The van der Waals surface area contributed by atoms with Gasteiger partial charge in [-0.25, -0.2) is 4.98 Å². The molecule has 19 heavy (non-hydrogen) atoms. The fraction of sp³-hybridized carbons (Fsp3) is 0.0625. The number of benzene rings is 2. The third kappa shape index (κ3) is 2.69. The van der Waals surface area contributed by atoms with Gasteiger partial charge in [-0.1, -0.05) is 41.9 Å². The van der Waals surface area contributed by atoms with E-state index in [9.17, 15) is 0 Å². The molecule has 0 radical (unpaired) electrons. The Balaban J connectivity index is 1.92. The van der Waals surface area contributed by atoms with Crippen LogP contribution in [0, 0.1) is 0 Å². The molecule has 0 saturated heterocycles. The minimum Gasteiger partial charge on any atom is -0.327 e. The highest BCUT2D eigenvalue weighted by Gasteiger charge is 2.06. The summed E-state index contributed by atoms with van der Waals surface area (Å²) in [5.41, 5.74) is 2.33. The van der Waals surface area contributed by atoms with E-state index in [2.05, 4.69) is 21.7 Å². The van der Waals surface area contributed by atoms with Crippen molar-refractivity contribution in [1.82, 2.24) is 9.55 Å². The molecular weight excluding hydrogens is 256 g/mol. The number of halogens is 1. The highest BCUT2D eigenvalue weighted by Crippen LogP contribution is 2.20. The van der Waals surface area contributed by atoms with E-state index in [-0.39, 0.29) is 0 Å². The number of rotatable bonds is 3. The summed E-state index contributed by atoms with van der Waals surface area (Å²) in [6.45, 7) is 0.818. The molecule has 0 saturated carbocycles. The first-order valence-electron chi connectivity index (χ1n) is 6.14. The van der Waals surface area contributed by atoms with Crippen LogP contribution in [-0.4, -0.2) is 9.55 Å². The minimum atomic E-state index is 0.741. The zero-order valence-corrected chi connectivity index (χ0v) is 11.1. The molecule has 0 aliphatic heterocycles. The Kier molecular flexibility index (Phi) is 3.34. The molecular formula is C16H13ClN2. The molecule has 3 rings (SSSR count). The molecule has 0 unspecified atom stereocenters. The lowest BCUT2D eigenvalue weighted by Crippen LogP contribution is -2.00. The number of hydrogen-bond donors (Lipinski definition) is 0. The van der Waals surface area contributed by atoms with Crippen molar-refractivity contribution in [3.63, 3.8) is 0 Å². The summed E-state index contributed by atoms with van der Waals surface area (Å²) in [5.74, 6) is 0.959. The van der Waals surface area contributed by atoms with Crippen molar-refractivity contribution in [2.45, 2.75) is 6.54 Å². The predicted molar refractivity (Wildman–Crippen MR) is 78.2 cm³/mol. The van der Waals surface area contributed by atoms with Crippen molar-refractivity contribution >= 4 is 11.6 Å². The molecule has 3 heteroatoms. The van der Waals surface area contributed by atoms with Crippen LogP contribution in [0.4, 0.5) is 0 Å². The summed E-state index contributed by atoms with van der Waals surface area (Å²) in [6.07, 6.45) is 3.82. The molecule has 1 heterocycles. The van der Waals surface area contributed by atoms with E-state index in [1.165, 1.54) is 5.56 Å². The lowest BCUT2D eigenvalue weighted by atomic mass is 10.2. The average Bonchev–Trinajstić information content (AvgIpc) is 2.89. The van der Waals surface area contributed by atoms with Gasteiger partial charge in [0.25, 0.3) is 0 Å². The van der Waals surface area contributed by atoms with Gasteiger partial charge in [0.2, 0.25) is 0 Å². The van der Waals surface area contributed by atoms with Crippen LogP contribution in [0.5, 0.6) is 0 Å². The van der Waals surface area contributed by atoms with Crippen LogP contribution in [0.25, 0.3) is 11.4 Å². The molecule has 0 atom stereocenters. The van der Waals surface area contributed by atoms with Gasteiger partial charge in [-0.05, 0) is 29.8 Å². The van der Waals surface area contributed by atoms with Crippen LogP contribution in [-0.2, 0) is 6.54 Å². The first-order chi connectivity index (χ1) is 9.33. The molecule has 0 amide bonds. The van der Waals surface area contributed by atoms with Crippen molar-refractivity contribution in [1.29, 1.82) is 0 Å². The van der Waals surface area contributed by atoms with Crippen molar-refractivity contribution in [3.8, 4) is 11.4 Å². The molecule has 2 nitrogen and oxygen atoms in total. The van der Waals surface area contributed by atoms with Crippen LogP contribution in [0.3, 0.4) is 0 Å². The maximum atomic E-state index is 5.92. The molecule has 0 fully saturated rings. The van der Waals surface area contributed by atoms with E-state index >= 15 is 0 Å². The molecule has 0 spiro atoms. The Morgan fingerprint density at radius 1 is 0.947 bits per heavy atom. The maximum Gasteiger partial charge on any atom is 0.140 e. The molecule has 0 aliphatic carbocycles. The van der Waals surface area contributed by atoms with Crippen molar-refractivity contribution < 1.29 is 0 Å². The van der Waals surface area contributed by atoms with Crippen LogP contribution in [0.15, 0.2) is 67.0 Å². The second-order valence-electron chi connectivity index (χ2n) is 4.37. The highest BCUT2D eigenvalue weighted by atomic mass is 35.5. The van der Waals surface area contributed by atoms with Gasteiger partial charge in [0.05, 0.1) is 0 Å². The number of nitrogens with zero attached hydrogens (tertiary/aromatic N) is 2. The Morgan fingerprint density at radius 2 is 1.68 bits per heavy atom. The first kappa shape index (κ1) is 12.0. The van der Waals surface area contributed by atoms with Gasteiger partial charge in [-0.2, -0.15) is 0 Å². The Morgan fingerprint density at radius 3 is 2.42 bits per heavy atom. The summed E-state index contributed by atoms with van der Waals surface area (Å²) in [5, 5.41) is 0.741. The van der Waals surface area contributed by atoms with Crippen LogP contribution >= 0.6 is 11.6 Å². The van der Waals surface area contributed by atoms with E-state index in [0.29, 0.717) is 0 Å². The molecule has 94 valence electrons. The van der Waals surface area contributed by atoms with Gasteiger partial charge in [0, 0.05) is 29.5 Å². The van der Waals surface area contributed by atoms with Gasteiger partial charge in [0.1, 0.15) is 5.82 Å². The quantitative estimate of drug-likeness (QED) is 0.694. The third-order valence-electron chi connectivity index (χ3n) is 3.01. The SMILES string of the molecule is Clc1ccc(-c2nccn2Cc2ccccc2)cc1. The van der Waals surface area contributed by atoms with Gasteiger partial charge in [-0.3, -0.25) is 0 Å². The molecule has 0 aliphatic rings. The minimum absolute atomic E-state index is 0.741. The lowest BCUT2D eigenvalue weighted by molar-refractivity contribution is 0.807. The fourth-order valence-electron chi connectivity index (χ4n) is 2.08. The number of hydrogen-bond acceptors (Lipinski definition) is 1. The number of imidazole rings is 1. The van der Waals surface area contributed by atoms with E-state index in [0.717, 1.165) is 23.0 Å². The molecule has 3 aromatic rings. The Bertz CT molecular complexity index is 657. The fourth-order valence-corrected chi connectivity index (χ4v) is 2.20. The van der Waals surface area contributed by atoms with Crippen LogP contribution in [0.2, 0.25) is 5.02 Å². The average molecular weight is 269 g/mol. The molecule has 2 aromatic carbocycles. The topological polar surface area (TPSA) is 17.8 Å². The summed E-state index contributed by atoms with van der Waals surface area (Å²) in [4.78, 5) is 4.43. The summed E-state index contributed by atoms with van der Waals surface area (Å²) in [6, 6.07) is 18.1. The molecule has 0 bridgehead atoms. The van der Waals surface area contributed by atoms with Gasteiger partial charge >= 0.3 is 0 Å². The second kappa shape index (κ2) is 5.29. The smallest absolute Gasteiger partial charge is 0.140 e. The normalized spacial score (nSPS) is 10.6. The standard InChI is InChI=1S/C16H13ClN2/c17-15-8-6-14(7-9-15)16-18-10-11-19(16)12-13-4-2-1-3-5-13/h1-11H,12H2. The van der Waals surface area contributed by atoms with Crippen LogP contribution < -0.4 is 0 Å². The molecule has 0 N–H and O–H groups in total.